The minimum atomic E-state index is -0.304. The first-order valence-corrected chi connectivity index (χ1v) is 8.43. The Balaban J connectivity index is 3.64. The van der Waals surface area contributed by atoms with Gasteiger partial charge in [-0.15, -0.1) is 0 Å². The van der Waals surface area contributed by atoms with E-state index in [2.05, 4.69) is 33.2 Å². The first-order chi connectivity index (χ1) is 9.55. The van der Waals surface area contributed by atoms with Crippen LogP contribution in [0.2, 0.25) is 0 Å². The quantitative estimate of drug-likeness (QED) is 0.283. The topological polar surface area (TPSA) is 38.3 Å². The van der Waals surface area contributed by atoms with Gasteiger partial charge in [0, 0.05) is 5.54 Å². The molecule has 1 unspecified atom stereocenters. The SMILES string of the molecule is CCCCCCCCCC(C=O)ONC(C)(C)CCC. The molecule has 0 saturated carbocycles. The molecule has 0 aliphatic heterocycles. The number of hydroxylamine groups is 1. The van der Waals surface area contributed by atoms with Gasteiger partial charge in [-0.1, -0.05) is 65.2 Å². The number of carbonyl (C=O) groups excluding carboxylic acids is 1. The minimum Gasteiger partial charge on any atom is -0.300 e. The van der Waals surface area contributed by atoms with Crippen molar-refractivity contribution in [1.82, 2.24) is 5.48 Å². The van der Waals surface area contributed by atoms with Gasteiger partial charge in [-0.3, -0.25) is 4.84 Å². The van der Waals surface area contributed by atoms with Crippen molar-refractivity contribution in [3.63, 3.8) is 0 Å². The molecular weight excluding hydrogens is 250 g/mol. The number of rotatable bonds is 14. The Hall–Kier alpha value is -0.410. The Kier molecular flexibility index (Phi) is 12.1. The maximum atomic E-state index is 11.0. The summed E-state index contributed by atoms with van der Waals surface area (Å²) in [5.41, 5.74) is 2.99. The Morgan fingerprint density at radius 2 is 1.60 bits per heavy atom. The van der Waals surface area contributed by atoms with E-state index in [0.29, 0.717) is 0 Å². The Morgan fingerprint density at radius 3 is 2.15 bits per heavy atom. The van der Waals surface area contributed by atoms with Gasteiger partial charge in [0.1, 0.15) is 6.10 Å². The predicted octanol–water partition coefficient (Wildman–Crippen LogP) is 4.79. The van der Waals surface area contributed by atoms with Crippen molar-refractivity contribution in [2.75, 3.05) is 0 Å². The van der Waals surface area contributed by atoms with Crippen LogP contribution in [0.1, 0.15) is 91.9 Å². The molecule has 0 rings (SSSR count). The maximum absolute atomic E-state index is 11.0. The predicted molar refractivity (Wildman–Crippen MR) is 85.7 cm³/mol. The van der Waals surface area contributed by atoms with Gasteiger partial charge in [0.05, 0.1) is 0 Å². The molecule has 0 amide bonds. The molecule has 0 fully saturated rings. The summed E-state index contributed by atoms with van der Waals surface area (Å²) in [5, 5.41) is 0. The molecule has 0 heterocycles. The molecule has 1 N–H and O–H groups in total. The van der Waals surface area contributed by atoms with Crippen LogP contribution in [0.5, 0.6) is 0 Å². The molecular formula is C17H35NO2. The van der Waals surface area contributed by atoms with Gasteiger partial charge in [0.25, 0.3) is 0 Å². The first kappa shape index (κ1) is 19.6. The average molecular weight is 285 g/mol. The number of nitrogens with one attached hydrogen (secondary N) is 1. The van der Waals surface area contributed by atoms with Crippen LogP contribution >= 0.6 is 0 Å². The summed E-state index contributed by atoms with van der Waals surface area (Å²) in [5.74, 6) is 0. The van der Waals surface area contributed by atoms with Gasteiger partial charge in [-0.05, 0) is 26.7 Å². The van der Waals surface area contributed by atoms with Crippen LogP contribution in [-0.2, 0) is 9.63 Å². The van der Waals surface area contributed by atoms with E-state index in [9.17, 15) is 4.79 Å². The van der Waals surface area contributed by atoms with E-state index in [4.69, 9.17) is 4.84 Å². The van der Waals surface area contributed by atoms with Crippen molar-refractivity contribution >= 4 is 6.29 Å². The number of carbonyl (C=O) groups is 1. The van der Waals surface area contributed by atoms with E-state index in [-0.39, 0.29) is 11.6 Å². The summed E-state index contributed by atoms with van der Waals surface area (Å²) in [7, 11) is 0. The number of aldehydes is 1. The zero-order chi connectivity index (χ0) is 15.3. The zero-order valence-electron chi connectivity index (χ0n) is 14.0. The highest BCUT2D eigenvalue weighted by Crippen LogP contribution is 2.13. The second-order valence-corrected chi connectivity index (χ2v) is 6.44. The molecule has 0 aliphatic carbocycles. The fourth-order valence-electron chi connectivity index (χ4n) is 2.37. The Morgan fingerprint density at radius 1 is 1.00 bits per heavy atom. The smallest absolute Gasteiger partial charge is 0.150 e. The molecule has 0 saturated heterocycles. The molecule has 120 valence electrons. The lowest BCUT2D eigenvalue weighted by Crippen LogP contribution is -2.41. The van der Waals surface area contributed by atoms with E-state index < -0.39 is 0 Å². The summed E-state index contributed by atoms with van der Waals surface area (Å²) < 4.78 is 0. The summed E-state index contributed by atoms with van der Waals surface area (Å²) in [4.78, 5) is 16.6. The Bertz CT molecular complexity index is 229. The van der Waals surface area contributed by atoms with E-state index >= 15 is 0 Å². The van der Waals surface area contributed by atoms with Crippen molar-refractivity contribution in [1.29, 1.82) is 0 Å². The van der Waals surface area contributed by atoms with Crippen molar-refractivity contribution in [2.24, 2.45) is 0 Å². The van der Waals surface area contributed by atoms with Crippen molar-refractivity contribution in [3.8, 4) is 0 Å². The third kappa shape index (κ3) is 11.4. The van der Waals surface area contributed by atoms with E-state index in [1.165, 1.54) is 38.5 Å². The standard InChI is InChI=1S/C17H35NO2/c1-5-7-8-9-10-11-12-13-16(15-19)20-18-17(3,4)14-6-2/h15-16,18H,5-14H2,1-4H3. The summed E-state index contributed by atoms with van der Waals surface area (Å²) in [6.07, 6.45) is 12.4. The van der Waals surface area contributed by atoms with Crippen LogP contribution in [0, 0.1) is 0 Å². The summed E-state index contributed by atoms with van der Waals surface area (Å²) >= 11 is 0. The van der Waals surface area contributed by atoms with Gasteiger partial charge in [-0.25, -0.2) is 0 Å². The average Bonchev–Trinajstić information content (AvgIpc) is 2.41. The maximum Gasteiger partial charge on any atom is 0.150 e. The van der Waals surface area contributed by atoms with Crippen molar-refractivity contribution in [3.05, 3.63) is 0 Å². The normalized spacial score (nSPS) is 13.4. The van der Waals surface area contributed by atoms with Crippen molar-refractivity contribution < 1.29 is 9.63 Å². The lowest BCUT2D eigenvalue weighted by Gasteiger charge is -2.26. The lowest BCUT2D eigenvalue weighted by molar-refractivity contribution is -0.129. The summed E-state index contributed by atoms with van der Waals surface area (Å²) in [6.45, 7) is 8.59. The third-order valence-corrected chi connectivity index (χ3v) is 3.61. The molecule has 20 heavy (non-hydrogen) atoms. The van der Waals surface area contributed by atoms with Crippen LogP contribution in [0.25, 0.3) is 0 Å². The molecule has 0 radical (unpaired) electrons. The fourth-order valence-corrected chi connectivity index (χ4v) is 2.37. The Labute approximate surface area is 125 Å². The van der Waals surface area contributed by atoms with Gasteiger partial charge >= 0.3 is 0 Å². The molecule has 0 aromatic carbocycles. The van der Waals surface area contributed by atoms with Crippen LogP contribution in [0.15, 0.2) is 0 Å². The number of hydrogen-bond donors (Lipinski definition) is 1. The zero-order valence-corrected chi connectivity index (χ0v) is 14.0. The van der Waals surface area contributed by atoms with Gasteiger partial charge in [0.15, 0.2) is 6.29 Å². The molecule has 0 spiro atoms. The van der Waals surface area contributed by atoms with Crippen molar-refractivity contribution in [2.45, 2.75) is 104 Å². The van der Waals surface area contributed by atoms with E-state index in [0.717, 1.165) is 32.0 Å². The molecule has 0 bridgehead atoms. The molecule has 3 heteroatoms. The first-order valence-electron chi connectivity index (χ1n) is 8.43. The van der Waals surface area contributed by atoms with Gasteiger partial charge in [0.2, 0.25) is 0 Å². The van der Waals surface area contributed by atoms with E-state index in [1.807, 2.05) is 0 Å². The number of hydrogen-bond acceptors (Lipinski definition) is 3. The summed E-state index contributed by atoms with van der Waals surface area (Å²) in [6, 6.07) is 0. The molecule has 0 aromatic rings. The van der Waals surface area contributed by atoms with Crippen LogP contribution < -0.4 is 5.48 Å². The highest BCUT2D eigenvalue weighted by molar-refractivity contribution is 5.55. The third-order valence-electron chi connectivity index (χ3n) is 3.61. The molecule has 1 atom stereocenters. The second-order valence-electron chi connectivity index (χ2n) is 6.44. The monoisotopic (exact) mass is 285 g/mol. The molecule has 3 nitrogen and oxygen atoms in total. The fraction of sp³-hybridized carbons (Fsp3) is 0.941. The van der Waals surface area contributed by atoms with Gasteiger partial charge < -0.3 is 4.79 Å². The molecule has 0 aromatic heterocycles. The largest absolute Gasteiger partial charge is 0.300 e. The second kappa shape index (κ2) is 12.3. The minimum absolute atomic E-state index is 0.0594. The van der Waals surface area contributed by atoms with Crippen LogP contribution in [-0.4, -0.2) is 17.9 Å². The van der Waals surface area contributed by atoms with E-state index in [1.54, 1.807) is 0 Å². The van der Waals surface area contributed by atoms with Crippen LogP contribution in [0.3, 0.4) is 0 Å². The van der Waals surface area contributed by atoms with Crippen LogP contribution in [0.4, 0.5) is 0 Å². The highest BCUT2D eigenvalue weighted by Gasteiger charge is 2.18. The number of unbranched alkanes of at least 4 members (excludes halogenated alkanes) is 6. The lowest BCUT2D eigenvalue weighted by atomic mass is 10.0. The van der Waals surface area contributed by atoms with Gasteiger partial charge in [-0.2, -0.15) is 5.48 Å². The highest BCUT2D eigenvalue weighted by atomic mass is 16.7. The molecule has 0 aliphatic rings.